The highest BCUT2D eigenvalue weighted by Gasteiger charge is 2.15. The summed E-state index contributed by atoms with van der Waals surface area (Å²) >= 11 is 5.97. The number of amides is 1. The average molecular weight is 255 g/mol. The second kappa shape index (κ2) is 5.89. The van der Waals surface area contributed by atoms with Crippen molar-refractivity contribution < 1.29 is 9.53 Å². The molecule has 0 aromatic heterocycles. The number of hydrogen-bond donors (Lipinski definition) is 1. The van der Waals surface area contributed by atoms with E-state index < -0.39 is 0 Å². The van der Waals surface area contributed by atoms with Crippen LogP contribution in [0.2, 0.25) is 5.02 Å². The van der Waals surface area contributed by atoms with Gasteiger partial charge in [0.15, 0.2) is 0 Å². The smallest absolute Gasteiger partial charge is 0.234 e. The molecule has 1 N–H and O–H groups in total. The summed E-state index contributed by atoms with van der Waals surface area (Å²) in [5.74, 6) is 0.768. The van der Waals surface area contributed by atoms with Crippen molar-refractivity contribution in [3.8, 4) is 5.75 Å². The number of ether oxygens (including phenoxy) is 1. The number of nitrogens with one attached hydrogen (secondary N) is 1. The highest BCUT2D eigenvalue weighted by Crippen LogP contribution is 2.22. The van der Waals surface area contributed by atoms with Gasteiger partial charge >= 0.3 is 0 Å². The number of carbonyl (C=O) groups excluding carboxylic acids is 1. The van der Waals surface area contributed by atoms with E-state index in [1.807, 2.05) is 18.2 Å². The predicted octanol–water partition coefficient (Wildman–Crippen LogP) is 1.15. The van der Waals surface area contributed by atoms with Crippen LogP contribution in [0, 0.1) is 0 Å². The average Bonchev–Trinajstić information content (AvgIpc) is 2.32. The van der Waals surface area contributed by atoms with Gasteiger partial charge in [-0.15, -0.1) is 0 Å². The first-order valence-electron chi connectivity index (χ1n) is 5.62. The van der Waals surface area contributed by atoms with Gasteiger partial charge in [0.25, 0.3) is 0 Å². The van der Waals surface area contributed by atoms with Crippen molar-refractivity contribution in [2.45, 2.75) is 0 Å². The number of piperazine rings is 1. The van der Waals surface area contributed by atoms with Crippen LogP contribution in [0.4, 0.5) is 0 Å². The zero-order valence-electron chi connectivity index (χ0n) is 9.49. The fourth-order valence-electron chi connectivity index (χ4n) is 1.73. The highest BCUT2D eigenvalue weighted by atomic mass is 35.5. The summed E-state index contributed by atoms with van der Waals surface area (Å²) in [5.41, 5.74) is 0. The maximum absolute atomic E-state index is 11.1. The van der Waals surface area contributed by atoms with Crippen LogP contribution in [0.25, 0.3) is 0 Å². The molecule has 1 fully saturated rings. The van der Waals surface area contributed by atoms with Gasteiger partial charge in [0.05, 0.1) is 11.6 Å². The molecule has 0 bridgehead atoms. The molecule has 0 atom stereocenters. The Morgan fingerprint density at radius 2 is 2.24 bits per heavy atom. The first kappa shape index (κ1) is 12.2. The van der Waals surface area contributed by atoms with Gasteiger partial charge in [-0.1, -0.05) is 23.7 Å². The van der Waals surface area contributed by atoms with Crippen molar-refractivity contribution in [2.75, 3.05) is 32.8 Å². The van der Waals surface area contributed by atoms with Gasteiger partial charge < -0.3 is 10.1 Å². The second-order valence-electron chi connectivity index (χ2n) is 3.90. The van der Waals surface area contributed by atoms with Gasteiger partial charge in [-0.2, -0.15) is 0 Å². The van der Waals surface area contributed by atoms with E-state index in [9.17, 15) is 4.79 Å². The molecule has 1 amide bonds. The van der Waals surface area contributed by atoms with E-state index >= 15 is 0 Å². The summed E-state index contributed by atoms with van der Waals surface area (Å²) in [6.07, 6.45) is 0. The normalized spacial score (nSPS) is 16.6. The van der Waals surface area contributed by atoms with E-state index in [1.54, 1.807) is 6.07 Å². The van der Waals surface area contributed by atoms with Crippen LogP contribution in [0.3, 0.4) is 0 Å². The summed E-state index contributed by atoms with van der Waals surface area (Å²) < 4.78 is 5.57. The summed E-state index contributed by atoms with van der Waals surface area (Å²) in [6, 6.07) is 7.39. The van der Waals surface area contributed by atoms with Crippen LogP contribution in [0.5, 0.6) is 5.75 Å². The zero-order valence-corrected chi connectivity index (χ0v) is 10.2. The van der Waals surface area contributed by atoms with E-state index in [4.69, 9.17) is 16.3 Å². The third-order valence-electron chi connectivity index (χ3n) is 2.62. The number of rotatable bonds is 4. The Morgan fingerprint density at radius 1 is 1.41 bits per heavy atom. The Hall–Kier alpha value is -1.26. The first-order chi connectivity index (χ1) is 8.25. The van der Waals surface area contributed by atoms with E-state index in [0.29, 0.717) is 30.5 Å². The lowest BCUT2D eigenvalue weighted by molar-refractivity contribution is -0.124. The van der Waals surface area contributed by atoms with E-state index in [-0.39, 0.29) is 5.91 Å². The summed E-state index contributed by atoms with van der Waals surface area (Å²) in [5, 5.41) is 3.40. The standard InChI is InChI=1S/C12H15ClN2O2/c13-10-3-1-2-4-11(10)17-8-7-15-6-5-14-12(16)9-15/h1-4H,5-9H2,(H,14,16). The van der Waals surface area contributed by atoms with Gasteiger partial charge in [0.1, 0.15) is 12.4 Å². The topological polar surface area (TPSA) is 41.6 Å². The molecule has 1 aromatic rings. The minimum Gasteiger partial charge on any atom is -0.491 e. The fourth-order valence-corrected chi connectivity index (χ4v) is 1.92. The molecule has 1 aliphatic rings. The molecule has 17 heavy (non-hydrogen) atoms. The van der Waals surface area contributed by atoms with Gasteiger partial charge in [0.2, 0.25) is 5.91 Å². The van der Waals surface area contributed by atoms with Gasteiger partial charge in [-0.3, -0.25) is 9.69 Å². The minimum absolute atomic E-state index is 0.0778. The second-order valence-corrected chi connectivity index (χ2v) is 4.31. The van der Waals surface area contributed by atoms with Crippen molar-refractivity contribution in [1.29, 1.82) is 0 Å². The molecule has 0 unspecified atom stereocenters. The Bertz CT molecular complexity index is 398. The lowest BCUT2D eigenvalue weighted by Crippen LogP contribution is -2.48. The lowest BCUT2D eigenvalue weighted by atomic mass is 10.3. The molecular weight excluding hydrogens is 240 g/mol. The Balaban J connectivity index is 1.76. The van der Waals surface area contributed by atoms with Crippen LogP contribution in [0.1, 0.15) is 0 Å². The molecule has 92 valence electrons. The number of benzene rings is 1. The van der Waals surface area contributed by atoms with E-state index in [2.05, 4.69) is 10.2 Å². The van der Waals surface area contributed by atoms with Crippen molar-refractivity contribution in [2.24, 2.45) is 0 Å². The molecule has 0 spiro atoms. The van der Waals surface area contributed by atoms with Crippen molar-refractivity contribution in [3.63, 3.8) is 0 Å². The van der Waals surface area contributed by atoms with Crippen molar-refractivity contribution in [3.05, 3.63) is 29.3 Å². The quantitative estimate of drug-likeness (QED) is 0.877. The Kier molecular flexibility index (Phi) is 4.23. The largest absolute Gasteiger partial charge is 0.491 e. The summed E-state index contributed by atoms with van der Waals surface area (Å²) in [4.78, 5) is 13.2. The van der Waals surface area contributed by atoms with Gasteiger partial charge in [-0.05, 0) is 12.1 Å². The first-order valence-corrected chi connectivity index (χ1v) is 6.00. The molecule has 5 heteroatoms. The number of para-hydroxylation sites is 1. The van der Waals surface area contributed by atoms with Crippen LogP contribution in [0.15, 0.2) is 24.3 Å². The Morgan fingerprint density at radius 3 is 3.00 bits per heavy atom. The molecule has 1 saturated heterocycles. The maximum atomic E-state index is 11.1. The van der Waals surface area contributed by atoms with Crippen molar-refractivity contribution >= 4 is 17.5 Å². The molecule has 0 saturated carbocycles. The molecule has 1 aliphatic heterocycles. The summed E-state index contributed by atoms with van der Waals surface area (Å²) in [7, 11) is 0. The van der Waals surface area contributed by atoms with Crippen molar-refractivity contribution in [1.82, 2.24) is 10.2 Å². The van der Waals surface area contributed by atoms with Crippen LogP contribution < -0.4 is 10.1 Å². The molecule has 4 nitrogen and oxygen atoms in total. The monoisotopic (exact) mass is 254 g/mol. The molecule has 1 heterocycles. The highest BCUT2D eigenvalue weighted by molar-refractivity contribution is 6.32. The SMILES string of the molecule is O=C1CN(CCOc2ccccc2Cl)CCN1. The lowest BCUT2D eigenvalue weighted by Gasteiger charge is -2.26. The zero-order chi connectivity index (χ0) is 12.1. The third kappa shape index (κ3) is 3.61. The number of carbonyl (C=O) groups is 1. The van der Waals surface area contributed by atoms with Gasteiger partial charge in [0, 0.05) is 19.6 Å². The van der Waals surface area contributed by atoms with Crippen LogP contribution in [-0.2, 0) is 4.79 Å². The molecule has 2 rings (SSSR count). The molecular formula is C12H15ClN2O2. The number of nitrogens with zero attached hydrogens (tertiary/aromatic N) is 1. The van der Waals surface area contributed by atoms with E-state index in [1.165, 1.54) is 0 Å². The number of halogens is 1. The summed E-state index contributed by atoms with van der Waals surface area (Å²) in [6.45, 7) is 3.31. The molecule has 1 aromatic carbocycles. The van der Waals surface area contributed by atoms with Gasteiger partial charge in [-0.25, -0.2) is 0 Å². The predicted molar refractivity (Wildman–Crippen MR) is 66.4 cm³/mol. The maximum Gasteiger partial charge on any atom is 0.234 e. The molecule has 0 aliphatic carbocycles. The van der Waals surface area contributed by atoms with E-state index in [0.717, 1.165) is 13.1 Å². The third-order valence-corrected chi connectivity index (χ3v) is 2.93. The number of hydrogen-bond acceptors (Lipinski definition) is 3. The molecule has 0 radical (unpaired) electrons. The Labute approximate surface area is 106 Å². The van der Waals surface area contributed by atoms with Crippen LogP contribution in [-0.4, -0.2) is 43.6 Å². The minimum atomic E-state index is 0.0778. The fraction of sp³-hybridized carbons (Fsp3) is 0.417. The van der Waals surface area contributed by atoms with Crippen LogP contribution >= 0.6 is 11.6 Å².